The lowest BCUT2D eigenvalue weighted by atomic mass is 9.44. The minimum absolute atomic E-state index is 0.110. The van der Waals surface area contributed by atoms with Crippen LogP contribution in [-0.4, -0.2) is 47.4 Å². The number of fused-ring (bicyclic) bond motifs is 1. The Morgan fingerprint density at radius 2 is 1.56 bits per heavy atom. The van der Waals surface area contributed by atoms with Gasteiger partial charge in [0, 0.05) is 29.4 Å². The van der Waals surface area contributed by atoms with E-state index < -0.39 is 11.8 Å². The molecule has 10 nitrogen and oxygen atoms in total. The van der Waals surface area contributed by atoms with E-state index in [4.69, 9.17) is 14.7 Å². The van der Waals surface area contributed by atoms with Crippen molar-refractivity contribution in [2.24, 2.45) is 0 Å². The minimum atomic E-state index is -3.72. The Labute approximate surface area is 191 Å². The number of carbonyl (C=O) groups is 2. The molecule has 6 rings (SSSR count). The van der Waals surface area contributed by atoms with Crippen LogP contribution in [0.15, 0.2) is 36.5 Å². The van der Waals surface area contributed by atoms with Crippen LogP contribution < -0.4 is 29.6 Å². The molecule has 0 saturated heterocycles. The van der Waals surface area contributed by atoms with Crippen LogP contribution in [0.1, 0.15) is 25.0 Å². The molecule has 1 aromatic carbocycles. The number of aromatic nitrogens is 1. The van der Waals surface area contributed by atoms with Gasteiger partial charge in [-0.2, -0.15) is 5.26 Å². The van der Waals surface area contributed by atoms with E-state index in [2.05, 4.69) is 25.1 Å². The molecule has 176 valence electrons. The van der Waals surface area contributed by atoms with Gasteiger partial charge in [0.2, 0.25) is 0 Å². The first-order valence-electron chi connectivity index (χ1n) is 10.3. The number of halogens is 2. The molecule has 1 aliphatic heterocycles. The molecular formula is C22H18F2N4O6. The third-order valence-corrected chi connectivity index (χ3v) is 5.80. The molecule has 2 amide bonds. The molecule has 2 N–H and O–H groups in total. The lowest BCUT2D eigenvalue weighted by molar-refractivity contribution is -0.286. The van der Waals surface area contributed by atoms with Crippen molar-refractivity contribution in [2.45, 2.75) is 36.6 Å². The van der Waals surface area contributed by atoms with Crippen molar-refractivity contribution in [3.8, 4) is 29.1 Å². The first-order chi connectivity index (χ1) is 16.2. The maximum absolute atomic E-state index is 13.1. The second-order valence-corrected chi connectivity index (χ2v) is 8.53. The minimum Gasteiger partial charge on any atom is -0.484 e. The van der Waals surface area contributed by atoms with Crippen molar-refractivity contribution in [3.63, 3.8) is 0 Å². The van der Waals surface area contributed by atoms with Gasteiger partial charge in [-0.3, -0.25) is 9.59 Å². The molecule has 3 aliphatic carbocycles. The Kier molecular flexibility index (Phi) is 4.93. The summed E-state index contributed by atoms with van der Waals surface area (Å²) < 4.78 is 45.6. The van der Waals surface area contributed by atoms with Crippen molar-refractivity contribution < 1.29 is 37.3 Å². The summed E-state index contributed by atoms with van der Waals surface area (Å²) in [5.41, 5.74) is -0.565. The molecule has 2 heterocycles. The van der Waals surface area contributed by atoms with E-state index in [1.165, 1.54) is 30.5 Å². The number of hydrogen-bond acceptors (Lipinski definition) is 8. The highest BCUT2D eigenvalue weighted by Crippen LogP contribution is 2.60. The van der Waals surface area contributed by atoms with Gasteiger partial charge in [0.05, 0.1) is 0 Å². The Morgan fingerprint density at radius 3 is 2.18 bits per heavy atom. The molecule has 34 heavy (non-hydrogen) atoms. The first-order valence-corrected chi connectivity index (χ1v) is 10.3. The number of nitrogens with zero attached hydrogens (tertiary/aromatic N) is 2. The summed E-state index contributed by atoms with van der Waals surface area (Å²) >= 11 is 0. The van der Waals surface area contributed by atoms with Gasteiger partial charge in [0.1, 0.15) is 23.3 Å². The molecule has 0 atom stereocenters. The van der Waals surface area contributed by atoms with Crippen LogP contribution in [0.5, 0.6) is 23.0 Å². The van der Waals surface area contributed by atoms with Crippen molar-refractivity contribution in [1.29, 1.82) is 5.26 Å². The summed E-state index contributed by atoms with van der Waals surface area (Å²) in [6.07, 6.45) is -0.534. The van der Waals surface area contributed by atoms with E-state index in [0.717, 1.165) is 0 Å². The number of ether oxygens (including phenoxy) is 4. The lowest BCUT2D eigenvalue weighted by Gasteiger charge is -2.70. The molecule has 0 radical (unpaired) electrons. The van der Waals surface area contributed by atoms with E-state index in [0.29, 0.717) is 25.0 Å². The number of carbonyl (C=O) groups excluding carboxylic acids is 2. The normalized spacial score (nSPS) is 24.6. The highest BCUT2D eigenvalue weighted by molar-refractivity contribution is 5.81. The summed E-state index contributed by atoms with van der Waals surface area (Å²) in [5, 5.41) is 14.7. The first kappa shape index (κ1) is 21.7. The molecule has 0 unspecified atom stereocenters. The Bertz CT molecular complexity index is 1190. The molecule has 12 heteroatoms. The zero-order valence-electron chi connectivity index (χ0n) is 17.6. The standard InChI is InChI=1S/C22H18F2N4O6/c23-22(24)33-16-2-1-14(6-17(16)34-22)31-8-18(29)27-20-10-21(11-20,12-20)28-19(30)9-32-15-3-4-26-13(5-15)7-25/h1-6H,8-12H2,(H,27,29)(H,28,30). The fraction of sp³-hybridized carbons (Fsp3) is 0.364. The quantitative estimate of drug-likeness (QED) is 0.593. The van der Waals surface area contributed by atoms with Crippen molar-refractivity contribution in [1.82, 2.24) is 15.6 Å². The van der Waals surface area contributed by atoms with Gasteiger partial charge in [0.25, 0.3) is 11.8 Å². The zero-order chi connectivity index (χ0) is 24.0. The number of alkyl halides is 2. The summed E-state index contributed by atoms with van der Waals surface area (Å²) in [6, 6.07) is 8.80. The molecule has 4 aliphatic rings. The van der Waals surface area contributed by atoms with Crippen LogP contribution >= 0.6 is 0 Å². The fourth-order valence-electron chi connectivity index (χ4n) is 4.60. The predicted octanol–water partition coefficient (Wildman–Crippen LogP) is 1.64. The summed E-state index contributed by atoms with van der Waals surface area (Å²) in [7, 11) is 0. The van der Waals surface area contributed by atoms with Crippen LogP contribution in [-0.2, 0) is 9.59 Å². The van der Waals surface area contributed by atoms with Crippen molar-refractivity contribution in [3.05, 3.63) is 42.2 Å². The average Bonchev–Trinajstić information content (AvgIpc) is 3.07. The van der Waals surface area contributed by atoms with Gasteiger partial charge >= 0.3 is 6.29 Å². The molecule has 2 aromatic rings. The SMILES string of the molecule is N#Cc1cc(OCC(=O)NC23CC(NC(=O)COc4ccc5c(c4)OC(F)(F)O5)(C2)C3)ccn1. The van der Waals surface area contributed by atoms with Crippen LogP contribution in [0, 0.1) is 11.3 Å². The van der Waals surface area contributed by atoms with Crippen molar-refractivity contribution >= 4 is 11.8 Å². The molecule has 1 aromatic heterocycles. The maximum Gasteiger partial charge on any atom is 0.586 e. The smallest absolute Gasteiger partial charge is 0.484 e. The molecule has 0 spiro atoms. The third kappa shape index (κ3) is 4.24. The number of pyridine rings is 1. The molecular weight excluding hydrogens is 454 g/mol. The molecule has 3 saturated carbocycles. The van der Waals surface area contributed by atoms with Crippen LogP contribution in [0.4, 0.5) is 8.78 Å². The van der Waals surface area contributed by atoms with Gasteiger partial charge in [-0.15, -0.1) is 8.78 Å². The number of benzene rings is 1. The summed E-state index contributed by atoms with van der Waals surface area (Å²) in [5.74, 6) is -0.380. The number of rotatable bonds is 8. The largest absolute Gasteiger partial charge is 0.586 e. The van der Waals surface area contributed by atoms with E-state index in [1.54, 1.807) is 6.07 Å². The number of hydrogen-bond donors (Lipinski definition) is 2. The fourth-order valence-corrected chi connectivity index (χ4v) is 4.60. The van der Waals surface area contributed by atoms with Crippen molar-refractivity contribution in [2.75, 3.05) is 13.2 Å². The monoisotopic (exact) mass is 472 g/mol. The molecule has 3 fully saturated rings. The maximum atomic E-state index is 13.1. The topological polar surface area (TPSA) is 132 Å². The Morgan fingerprint density at radius 1 is 0.971 bits per heavy atom. The Hall–Kier alpha value is -4.14. The van der Waals surface area contributed by atoms with E-state index >= 15 is 0 Å². The van der Waals surface area contributed by atoms with Crippen LogP contribution in [0.2, 0.25) is 0 Å². The van der Waals surface area contributed by atoms with Crippen LogP contribution in [0.3, 0.4) is 0 Å². The number of nitriles is 1. The Balaban J connectivity index is 1.03. The second-order valence-electron chi connectivity index (χ2n) is 8.53. The predicted molar refractivity (Wildman–Crippen MR) is 108 cm³/mol. The molecule has 2 bridgehead atoms. The van der Waals surface area contributed by atoms with Gasteiger partial charge in [-0.25, -0.2) is 4.98 Å². The van der Waals surface area contributed by atoms with E-state index in [1.807, 2.05) is 6.07 Å². The lowest BCUT2D eigenvalue weighted by Crippen LogP contribution is -2.84. The van der Waals surface area contributed by atoms with E-state index in [-0.39, 0.29) is 53.5 Å². The summed E-state index contributed by atoms with van der Waals surface area (Å²) in [4.78, 5) is 28.3. The van der Waals surface area contributed by atoms with E-state index in [9.17, 15) is 18.4 Å². The third-order valence-electron chi connectivity index (χ3n) is 5.80. The highest BCUT2D eigenvalue weighted by Gasteiger charge is 2.69. The van der Waals surface area contributed by atoms with Gasteiger partial charge in [-0.1, -0.05) is 0 Å². The highest BCUT2D eigenvalue weighted by atomic mass is 19.3. The zero-order valence-corrected chi connectivity index (χ0v) is 17.6. The van der Waals surface area contributed by atoms with Gasteiger partial charge in [0.15, 0.2) is 24.7 Å². The van der Waals surface area contributed by atoms with Crippen LogP contribution in [0.25, 0.3) is 0 Å². The second kappa shape index (κ2) is 7.72. The summed E-state index contributed by atoms with van der Waals surface area (Å²) in [6.45, 7) is -0.507. The van der Waals surface area contributed by atoms with Gasteiger partial charge < -0.3 is 29.6 Å². The average molecular weight is 472 g/mol. The number of amides is 2. The number of nitrogens with one attached hydrogen (secondary N) is 2. The van der Waals surface area contributed by atoms with Gasteiger partial charge in [-0.05, 0) is 37.5 Å².